The second-order valence-electron chi connectivity index (χ2n) is 4.26. The molecule has 0 saturated carbocycles. The fourth-order valence-electron chi connectivity index (χ4n) is 2.42. The molecule has 1 aromatic rings. The molecule has 1 atom stereocenters. The quantitative estimate of drug-likeness (QED) is 0.777. The van der Waals surface area contributed by atoms with Crippen LogP contribution in [0.5, 0.6) is 0 Å². The largest absolute Gasteiger partial charge is 0.403 e. The predicted octanol–water partition coefficient (Wildman–Crippen LogP) is 2.22. The van der Waals surface area contributed by atoms with Gasteiger partial charge < -0.3 is 16.4 Å². The van der Waals surface area contributed by atoms with Crippen LogP contribution in [0.15, 0.2) is 42.9 Å². The molecule has 0 spiro atoms. The molecule has 92 valence electrons. The van der Waals surface area contributed by atoms with E-state index in [-0.39, 0.29) is 6.04 Å². The first-order valence-electron chi connectivity index (χ1n) is 5.82. The number of nitrogen functional groups attached to an aromatic ring is 1. The van der Waals surface area contributed by atoms with Gasteiger partial charge in [-0.1, -0.05) is 12.6 Å². The highest BCUT2D eigenvalue weighted by molar-refractivity contribution is 5.54. The number of allylic oxidation sites excluding steroid dienone is 1. The normalized spacial score (nSPS) is 20.9. The molecular formula is C14H16N4. The number of nitrogens with two attached hydrogens (primary N) is 2. The zero-order valence-corrected chi connectivity index (χ0v) is 10.1. The van der Waals surface area contributed by atoms with E-state index in [1.807, 2.05) is 11.0 Å². The molecule has 18 heavy (non-hydrogen) atoms. The Bertz CT molecular complexity index is 539. The van der Waals surface area contributed by atoms with Gasteiger partial charge >= 0.3 is 0 Å². The zero-order valence-electron chi connectivity index (χ0n) is 10.1. The van der Waals surface area contributed by atoms with Gasteiger partial charge in [0.25, 0.3) is 0 Å². The summed E-state index contributed by atoms with van der Waals surface area (Å²) in [4.78, 5) is 2.04. The summed E-state index contributed by atoms with van der Waals surface area (Å²) in [5, 5.41) is 8.84. The lowest BCUT2D eigenvalue weighted by atomic mass is 10.0. The van der Waals surface area contributed by atoms with E-state index < -0.39 is 0 Å². The minimum atomic E-state index is 0.157. The van der Waals surface area contributed by atoms with Crippen molar-refractivity contribution in [2.75, 3.05) is 5.73 Å². The number of nitrogens with zero attached hydrogens (tertiary/aromatic N) is 2. The number of anilines is 1. The topological polar surface area (TPSA) is 79.1 Å². The molecule has 1 fully saturated rings. The lowest BCUT2D eigenvalue weighted by molar-refractivity contribution is 0.403. The Morgan fingerprint density at radius 3 is 2.83 bits per heavy atom. The summed E-state index contributed by atoms with van der Waals surface area (Å²) in [5.74, 6) is 0. The molecule has 1 aliphatic rings. The van der Waals surface area contributed by atoms with Crippen LogP contribution in [0.2, 0.25) is 0 Å². The van der Waals surface area contributed by atoms with Crippen molar-refractivity contribution in [2.45, 2.75) is 18.9 Å². The maximum absolute atomic E-state index is 8.84. The summed E-state index contributed by atoms with van der Waals surface area (Å²) >= 11 is 0. The first kappa shape index (κ1) is 12.1. The van der Waals surface area contributed by atoms with E-state index in [9.17, 15) is 0 Å². The van der Waals surface area contributed by atoms with Crippen LogP contribution < -0.4 is 11.5 Å². The SMILES string of the molecule is C=CN1/C(=C\N)CCC1c1ccc(C#N)cc1N. The van der Waals surface area contributed by atoms with E-state index in [2.05, 4.69) is 12.6 Å². The summed E-state index contributed by atoms with van der Waals surface area (Å²) < 4.78 is 0. The van der Waals surface area contributed by atoms with E-state index >= 15 is 0 Å². The van der Waals surface area contributed by atoms with Gasteiger partial charge in [0, 0.05) is 17.6 Å². The molecule has 1 aliphatic heterocycles. The van der Waals surface area contributed by atoms with Gasteiger partial charge in [-0.15, -0.1) is 0 Å². The Morgan fingerprint density at radius 2 is 2.28 bits per heavy atom. The number of nitriles is 1. The van der Waals surface area contributed by atoms with Crippen molar-refractivity contribution in [1.29, 1.82) is 5.26 Å². The molecular weight excluding hydrogens is 224 g/mol. The zero-order chi connectivity index (χ0) is 13.1. The van der Waals surface area contributed by atoms with Gasteiger partial charge in [-0.3, -0.25) is 0 Å². The van der Waals surface area contributed by atoms with Gasteiger partial charge in [0.1, 0.15) is 0 Å². The minimum absolute atomic E-state index is 0.157. The first-order chi connectivity index (χ1) is 8.71. The molecule has 1 saturated heterocycles. The van der Waals surface area contributed by atoms with Crippen LogP contribution in [0.1, 0.15) is 30.0 Å². The number of benzene rings is 1. The summed E-state index contributed by atoms with van der Waals surface area (Å²) in [6.45, 7) is 3.82. The molecule has 4 N–H and O–H groups in total. The predicted molar refractivity (Wildman–Crippen MR) is 71.9 cm³/mol. The Morgan fingerprint density at radius 1 is 1.50 bits per heavy atom. The molecule has 0 aromatic heterocycles. The highest BCUT2D eigenvalue weighted by Gasteiger charge is 2.28. The molecule has 4 heteroatoms. The van der Waals surface area contributed by atoms with Crippen molar-refractivity contribution < 1.29 is 0 Å². The lowest BCUT2D eigenvalue weighted by Crippen LogP contribution is -2.17. The highest BCUT2D eigenvalue weighted by Crippen LogP contribution is 2.40. The Labute approximate surface area is 107 Å². The average molecular weight is 240 g/mol. The second-order valence-corrected chi connectivity index (χ2v) is 4.26. The van der Waals surface area contributed by atoms with Crippen molar-refractivity contribution in [2.24, 2.45) is 5.73 Å². The van der Waals surface area contributed by atoms with Gasteiger partial charge in [0.2, 0.25) is 0 Å². The molecule has 0 radical (unpaired) electrons. The van der Waals surface area contributed by atoms with Gasteiger partial charge in [0.15, 0.2) is 0 Å². The molecule has 1 heterocycles. The van der Waals surface area contributed by atoms with Crippen LogP contribution in [0.3, 0.4) is 0 Å². The minimum Gasteiger partial charge on any atom is -0.403 e. The monoisotopic (exact) mass is 240 g/mol. The van der Waals surface area contributed by atoms with Crippen molar-refractivity contribution in [3.05, 3.63) is 54.0 Å². The number of rotatable bonds is 2. The van der Waals surface area contributed by atoms with Gasteiger partial charge in [-0.2, -0.15) is 5.26 Å². The maximum atomic E-state index is 8.84. The molecule has 1 aromatic carbocycles. The third kappa shape index (κ3) is 1.91. The number of hydrogen-bond donors (Lipinski definition) is 2. The Hall–Kier alpha value is -2.41. The third-order valence-electron chi connectivity index (χ3n) is 3.31. The van der Waals surface area contributed by atoms with Crippen LogP contribution >= 0.6 is 0 Å². The van der Waals surface area contributed by atoms with Crippen molar-refractivity contribution in [3.8, 4) is 6.07 Å². The average Bonchev–Trinajstić information content (AvgIpc) is 2.81. The van der Waals surface area contributed by atoms with Crippen LogP contribution in [0, 0.1) is 11.3 Å². The van der Waals surface area contributed by atoms with E-state index in [1.165, 1.54) is 0 Å². The van der Waals surface area contributed by atoms with Crippen molar-refractivity contribution in [3.63, 3.8) is 0 Å². The fraction of sp³-hybridized carbons (Fsp3) is 0.214. The fourth-order valence-corrected chi connectivity index (χ4v) is 2.42. The summed E-state index contributed by atoms with van der Waals surface area (Å²) in [7, 11) is 0. The van der Waals surface area contributed by atoms with E-state index in [4.69, 9.17) is 16.7 Å². The van der Waals surface area contributed by atoms with E-state index in [0.717, 1.165) is 24.1 Å². The van der Waals surface area contributed by atoms with Crippen LogP contribution in [-0.4, -0.2) is 4.90 Å². The second kappa shape index (κ2) is 4.84. The summed E-state index contributed by atoms with van der Waals surface area (Å²) in [6.07, 6.45) is 5.24. The third-order valence-corrected chi connectivity index (χ3v) is 3.31. The molecule has 0 aliphatic carbocycles. The van der Waals surface area contributed by atoms with Gasteiger partial charge in [0.05, 0.1) is 17.7 Å². The van der Waals surface area contributed by atoms with Gasteiger partial charge in [-0.25, -0.2) is 0 Å². The van der Waals surface area contributed by atoms with E-state index in [1.54, 1.807) is 24.5 Å². The van der Waals surface area contributed by atoms with Crippen LogP contribution in [0.4, 0.5) is 5.69 Å². The first-order valence-corrected chi connectivity index (χ1v) is 5.82. The smallest absolute Gasteiger partial charge is 0.0992 e. The molecule has 4 nitrogen and oxygen atoms in total. The molecule has 1 unspecified atom stereocenters. The van der Waals surface area contributed by atoms with Gasteiger partial charge in [-0.05, 0) is 36.7 Å². The Balaban J connectivity index is 2.38. The maximum Gasteiger partial charge on any atom is 0.0992 e. The summed E-state index contributed by atoms with van der Waals surface area (Å²) in [6, 6.07) is 7.65. The van der Waals surface area contributed by atoms with Crippen LogP contribution in [-0.2, 0) is 0 Å². The Kier molecular flexibility index (Phi) is 3.24. The number of hydrogen-bond acceptors (Lipinski definition) is 4. The van der Waals surface area contributed by atoms with Crippen molar-refractivity contribution in [1.82, 2.24) is 4.90 Å². The lowest BCUT2D eigenvalue weighted by Gasteiger charge is -2.25. The molecule has 0 bridgehead atoms. The molecule has 0 amide bonds. The molecule has 2 rings (SSSR count). The summed E-state index contributed by atoms with van der Waals surface area (Å²) in [5.41, 5.74) is 14.9. The van der Waals surface area contributed by atoms with E-state index in [0.29, 0.717) is 11.3 Å². The van der Waals surface area contributed by atoms with Crippen LogP contribution in [0.25, 0.3) is 0 Å². The number of likely N-dealkylation sites (tertiary alicyclic amines) is 1. The van der Waals surface area contributed by atoms with Crippen molar-refractivity contribution >= 4 is 5.69 Å². The highest BCUT2D eigenvalue weighted by atomic mass is 15.2. The standard InChI is InChI=1S/C14H16N4/c1-2-18-11(9-16)4-6-14(18)12-5-3-10(8-15)7-13(12)17/h2-3,5,7,9,14H,1,4,6,16-17H2/b11-9-.